The molecule has 2 aromatic rings. The lowest BCUT2D eigenvalue weighted by atomic mass is 10.1. The fourth-order valence-corrected chi connectivity index (χ4v) is 2.33. The highest BCUT2D eigenvalue weighted by Gasteiger charge is 2.34. The lowest BCUT2D eigenvalue weighted by molar-refractivity contribution is -0.141. The maximum atomic E-state index is 13.2. The molecule has 0 spiro atoms. The van der Waals surface area contributed by atoms with Crippen molar-refractivity contribution in [3.05, 3.63) is 41.1 Å². The van der Waals surface area contributed by atoms with Crippen LogP contribution >= 0.6 is 0 Å². The molecule has 8 heteroatoms. The van der Waals surface area contributed by atoms with Gasteiger partial charge in [0.1, 0.15) is 5.82 Å². The van der Waals surface area contributed by atoms with E-state index in [1.807, 2.05) is 39.8 Å². The highest BCUT2D eigenvalue weighted by molar-refractivity contribution is 5.63. The molecule has 0 amide bonds. The number of alkyl halides is 3. The van der Waals surface area contributed by atoms with Gasteiger partial charge in [-0.05, 0) is 37.0 Å². The molecule has 0 aliphatic carbocycles. The van der Waals surface area contributed by atoms with E-state index in [0.29, 0.717) is 5.69 Å². The summed E-state index contributed by atoms with van der Waals surface area (Å²) in [4.78, 5) is 7.70. The third kappa shape index (κ3) is 4.85. The van der Waals surface area contributed by atoms with Gasteiger partial charge in [-0.25, -0.2) is 4.98 Å². The second kappa shape index (κ2) is 7.90. The Balaban J connectivity index is 2.41. The van der Waals surface area contributed by atoms with Crippen molar-refractivity contribution in [2.45, 2.75) is 39.9 Å². The summed E-state index contributed by atoms with van der Waals surface area (Å²) in [6, 6.07) is 5.93. The van der Waals surface area contributed by atoms with Gasteiger partial charge in [0.25, 0.3) is 0 Å². The lowest BCUT2D eigenvalue weighted by Crippen LogP contribution is -2.30. The van der Waals surface area contributed by atoms with Crippen molar-refractivity contribution in [3.63, 3.8) is 0 Å². The predicted octanol–water partition coefficient (Wildman–Crippen LogP) is 4.28. The largest absolute Gasteiger partial charge is 0.433 e. The zero-order valence-corrected chi connectivity index (χ0v) is 15.1. The summed E-state index contributed by atoms with van der Waals surface area (Å²) in [5, 5.41) is 15.1. The molecule has 1 aromatic heterocycles. The molecule has 3 N–H and O–H groups in total. The van der Waals surface area contributed by atoms with E-state index in [0.717, 1.165) is 17.2 Å². The quantitative estimate of drug-likeness (QED) is 0.710. The molecule has 1 heterocycles. The molecule has 0 unspecified atom stereocenters. The average molecular weight is 368 g/mol. The van der Waals surface area contributed by atoms with Crippen LogP contribution in [0.4, 0.5) is 30.6 Å². The maximum Gasteiger partial charge on any atom is 0.433 e. The Hall–Kier alpha value is -2.35. The van der Waals surface area contributed by atoms with Gasteiger partial charge >= 0.3 is 6.18 Å². The van der Waals surface area contributed by atoms with Crippen LogP contribution in [0.3, 0.4) is 0 Å². The van der Waals surface area contributed by atoms with E-state index in [2.05, 4.69) is 20.6 Å². The number of benzene rings is 1. The smallest absolute Gasteiger partial charge is 0.394 e. The number of rotatable bonds is 6. The number of aliphatic hydroxyl groups excluding tert-OH is 1. The third-order valence-electron chi connectivity index (χ3n) is 4.20. The Bertz CT molecular complexity index is 763. The van der Waals surface area contributed by atoms with E-state index in [-0.39, 0.29) is 24.3 Å². The van der Waals surface area contributed by atoms with Crippen LogP contribution in [0.5, 0.6) is 0 Å². The fraction of sp³-hybridized carbons (Fsp3) is 0.444. The monoisotopic (exact) mass is 368 g/mol. The molecular formula is C18H23F3N4O. The van der Waals surface area contributed by atoms with E-state index in [1.54, 1.807) is 6.07 Å². The SMILES string of the molecule is Cc1cccc(Nc2cc(C(F)(F)F)nc(N[C@H](CO)C(C)C)n2)c1C. The summed E-state index contributed by atoms with van der Waals surface area (Å²) in [7, 11) is 0. The van der Waals surface area contributed by atoms with Crippen LogP contribution in [0.1, 0.15) is 30.7 Å². The molecule has 0 aliphatic rings. The van der Waals surface area contributed by atoms with Gasteiger partial charge in [-0.2, -0.15) is 18.2 Å². The Morgan fingerprint density at radius 3 is 2.42 bits per heavy atom. The van der Waals surface area contributed by atoms with Crippen molar-refractivity contribution in [1.82, 2.24) is 9.97 Å². The average Bonchev–Trinajstić information content (AvgIpc) is 2.55. The highest BCUT2D eigenvalue weighted by Crippen LogP contribution is 2.31. The minimum atomic E-state index is -4.61. The number of nitrogens with one attached hydrogen (secondary N) is 2. The minimum Gasteiger partial charge on any atom is -0.394 e. The zero-order valence-electron chi connectivity index (χ0n) is 15.1. The minimum absolute atomic E-state index is 0.00595. The van der Waals surface area contributed by atoms with Gasteiger partial charge in [0.15, 0.2) is 5.69 Å². The van der Waals surface area contributed by atoms with Crippen molar-refractivity contribution in [1.29, 1.82) is 0 Å². The lowest BCUT2D eigenvalue weighted by Gasteiger charge is -2.21. The first-order chi connectivity index (χ1) is 12.1. The first kappa shape index (κ1) is 20.0. The first-order valence-corrected chi connectivity index (χ1v) is 8.28. The van der Waals surface area contributed by atoms with E-state index >= 15 is 0 Å². The van der Waals surface area contributed by atoms with Crippen LogP contribution in [-0.4, -0.2) is 27.7 Å². The van der Waals surface area contributed by atoms with Crippen molar-refractivity contribution in [3.8, 4) is 0 Å². The van der Waals surface area contributed by atoms with E-state index in [4.69, 9.17) is 0 Å². The summed E-state index contributed by atoms with van der Waals surface area (Å²) in [5.74, 6) is -0.155. The molecule has 0 saturated carbocycles. The van der Waals surface area contributed by atoms with Crippen LogP contribution in [0.2, 0.25) is 0 Å². The molecule has 1 aromatic carbocycles. The van der Waals surface area contributed by atoms with Crippen LogP contribution in [0.25, 0.3) is 0 Å². The summed E-state index contributed by atoms with van der Waals surface area (Å²) in [5.41, 5.74) is 1.55. The topological polar surface area (TPSA) is 70.1 Å². The van der Waals surface area contributed by atoms with Gasteiger partial charge in [-0.15, -0.1) is 0 Å². The van der Waals surface area contributed by atoms with Gasteiger partial charge in [0, 0.05) is 11.8 Å². The molecule has 0 aliphatic heterocycles. The van der Waals surface area contributed by atoms with Crippen LogP contribution in [-0.2, 0) is 6.18 Å². The molecule has 2 rings (SSSR count). The molecule has 0 saturated heterocycles. The van der Waals surface area contributed by atoms with Gasteiger partial charge < -0.3 is 15.7 Å². The molecule has 26 heavy (non-hydrogen) atoms. The number of nitrogens with zero attached hydrogens (tertiary/aromatic N) is 2. The van der Waals surface area contributed by atoms with Crippen LogP contribution < -0.4 is 10.6 Å². The van der Waals surface area contributed by atoms with E-state index in [1.165, 1.54) is 0 Å². The molecule has 0 fully saturated rings. The predicted molar refractivity (Wildman–Crippen MR) is 95.6 cm³/mol. The standard InChI is InChI=1S/C18H23F3N4O/c1-10(2)14(9-26)23-17-24-15(18(19,20)21)8-16(25-17)22-13-7-5-6-11(3)12(13)4/h5-8,10,14,26H,9H2,1-4H3,(H2,22,23,24,25)/t14-/m1/s1. The normalized spacial score (nSPS) is 13.0. The Morgan fingerprint density at radius 2 is 1.85 bits per heavy atom. The van der Waals surface area contributed by atoms with Crippen LogP contribution in [0.15, 0.2) is 24.3 Å². The second-order valence-electron chi connectivity index (χ2n) is 6.51. The van der Waals surface area contributed by atoms with Crippen molar-refractivity contribution in [2.75, 3.05) is 17.2 Å². The Morgan fingerprint density at radius 1 is 1.15 bits per heavy atom. The molecule has 5 nitrogen and oxygen atoms in total. The van der Waals surface area contributed by atoms with Crippen molar-refractivity contribution < 1.29 is 18.3 Å². The Kier molecular flexibility index (Phi) is 6.07. The second-order valence-corrected chi connectivity index (χ2v) is 6.51. The van der Waals surface area contributed by atoms with Gasteiger partial charge in [-0.1, -0.05) is 26.0 Å². The number of anilines is 3. The summed E-state index contributed by atoms with van der Waals surface area (Å²) in [6.45, 7) is 7.25. The third-order valence-corrected chi connectivity index (χ3v) is 4.20. The number of hydrogen-bond donors (Lipinski definition) is 3. The number of aryl methyl sites for hydroxylation is 1. The molecule has 0 bridgehead atoms. The molecular weight excluding hydrogens is 345 g/mol. The number of aromatic nitrogens is 2. The molecule has 0 radical (unpaired) electrons. The summed E-state index contributed by atoms with van der Waals surface area (Å²) < 4.78 is 39.6. The number of hydrogen-bond acceptors (Lipinski definition) is 5. The summed E-state index contributed by atoms with van der Waals surface area (Å²) >= 11 is 0. The van der Waals surface area contributed by atoms with Crippen LogP contribution in [0, 0.1) is 19.8 Å². The highest BCUT2D eigenvalue weighted by atomic mass is 19.4. The van der Waals surface area contributed by atoms with Gasteiger partial charge in [-0.3, -0.25) is 0 Å². The number of halogens is 3. The number of aliphatic hydroxyl groups is 1. The molecule has 142 valence electrons. The van der Waals surface area contributed by atoms with Crippen molar-refractivity contribution in [2.24, 2.45) is 5.92 Å². The maximum absolute atomic E-state index is 13.2. The van der Waals surface area contributed by atoms with Crippen molar-refractivity contribution >= 4 is 17.5 Å². The molecule has 1 atom stereocenters. The van der Waals surface area contributed by atoms with E-state index in [9.17, 15) is 18.3 Å². The fourth-order valence-electron chi connectivity index (χ4n) is 2.33. The first-order valence-electron chi connectivity index (χ1n) is 8.28. The summed E-state index contributed by atoms with van der Waals surface area (Å²) in [6.07, 6.45) is -4.61. The van der Waals surface area contributed by atoms with Gasteiger partial charge in [0.05, 0.1) is 12.6 Å². The van der Waals surface area contributed by atoms with Gasteiger partial charge in [0.2, 0.25) is 5.95 Å². The zero-order chi connectivity index (χ0) is 19.5. The Labute approximate surface area is 150 Å². The van der Waals surface area contributed by atoms with E-state index < -0.39 is 17.9 Å².